The third-order valence-corrected chi connectivity index (χ3v) is 4.86. The molecule has 1 aliphatic rings. The van der Waals surface area contributed by atoms with E-state index in [2.05, 4.69) is 82.8 Å². The van der Waals surface area contributed by atoms with Crippen LogP contribution in [-0.4, -0.2) is 0 Å². The van der Waals surface area contributed by atoms with Gasteiger partial charge in [0.1, 0.15) is 0 Å². The standard InChI is InChI=1S/C23H24/c1-6-7-10-20-18(5)19-11-8-9-12-21(19)23(20)22-16(3)13-15(2)14-17(22)4/h6-14,23H,1H2,2-5H3/b10-7-. The van der Waals surface area contributed by atoms with E-state index in [1.165, 1.54) is 44.5 Å². The lowest BCUT2D eigenvalue weighted by Crippen LogP contribution is -2.05. The SMILES string of the molecule is C=C/C=C\C1=C(C)c2ccccc2C1c1c(C)cc(C)cc1C. The monoisotopic (exact) mass is 300 g/mol. The van der Waals surface area contributed by atoms with Crippen molar-refractivity contribution in [2.75, 3.05) is 0 Å². The second-order valence-electron chi connectivity index (χ2n) is 6.51. The molecule has 0 heterocycles. The van der Waals surface area contributed by atoms with Crippen LogP contribution in [0.25, 0.3) is 5.57 Å². The van der Waals surface area contributed by atoms with Crippen LogP contribution >= 0.6 is 0 Å². The zero-order valence-corrected chi connectivity index (χ0v) is 14.5. The van der Waals surface area contributed by atoms with Crippen LogP contribution < -0.4 is 0 Å². The van der Waals surface area contributed by atoms with Gasteiger partial charge in [-0.25, -0.2) is 0 Å². The van der Waals surface area contributed by atoms with Crippen molar-refractivity contribution in [3.8, 4) is 0 Å². The third kappa shape index (κ3) is 2.59. The molecule has 2 aromatic rings. The van der Waals surface area contributed by atoms with Gasteiger partial charge >= 0.3 is 0 Å². The number of hydrogen-bond acceptors (Lipinski definition) is 0. The summed E-state index contributed by atoms with van der Waals surface area (Å²) in [6.45, 7) is 12.7. The van der Waals surface area contributed by atoms with Gasteiger partial charge in [0, 0.05) is 5.92 Å². The van der Waals surface area contributed by atoms with Gasteiger partial charge in [0.15, 0.2) is 0 Å². The molecule has 0 aromatic heterocycles. The summed E-state index contributed by atoms with van der Waals surface area (Å²) in [5.41, 5.74) is 11.1. The summed E-state index contributed by atoms with van der Waals surface area (Å²) in [7, 11) is 0. The van der Waals surface area contributed by atoms with E-state index >= 15 is 0 Å². The summed E-state index contributed by atoms with van der Waals surface area (Å²) in [5, 5.41) is 0. The molecule has 0 N–H and O–H groups in total. The Kier molecular flexibility index (Phi) is 4.09. The molecule has 0 heteroatoms. The average Bonchev–Trinajstić information content (AvgIpc) is 2.78. The summed E-state index contributed by atoms with van der Waals surface area (Å²) in [4.78, 5) is 0. The maximum atomic E-state index is 3.83. The van der Waals surface area contributed by atoms with E-state index in [9.17, 15) is 0 Å². The molecule has 0 bridgehead atoms. The molecule has 23 heavy (non-hydrogen) atoms. The van der Waals surface area contributed by atoms with Crippen molar-refractivity contribution in [1.29, 1.82) is 0 Å². The highest BCUT2D eigenvalue weighted by Crippen LogP contribution is 2.47. The van der Waals surface area contributed by atoms with Gasteiger partial charge in [-0.3, -0.25) is 0 Å². The molecular weight excluding hydrogens is 276 g/mol. The Balaban J connectivity index is 2.28. The summed E-state index contributed by atoms with van der Waals surface area (Å²) in [6, 6.07) is 13.4. The molecule has 1 unspecified atom stereocenters. The smallest absolute Gasteiger partial charge is 0.0354 e. The molecule has 1 atom stereocenters. The van der Waals surface area contributed by atoms with Crippen LogP contribution in [0.1, 0.15) is 46.2 Å². The Bertz CT molecular complexity index is 808. The third-order valence-electron chi connectivity index (χ3n) is 4.86. The van der Waals surface area contributed by atoms with Gasteiger partial charge in [-0.05, 0) is 66.7 Å². The molecule has 1 aliphatic carbocycles. The first kappa shape index (κ1) is 15.6. The predicted octanol–water partition coefficient (Wildman–Crippen LogP) is 6.27. The van der Waals surface area contributed by atoms with Crippen molar-refractivity contribution >= 4 is 5.57 Å². The van der Waals surface area contributed by atoms with Crippen molar-refractivity contribution in [1.82, 2.24) is 0 Å². The van der Waals surface area contributed by atoms with E-state index in [1.807, 2.05) is 6.08 Å². The van der Waals surface area contributed by atoms with Gasteiger partial charge < -0.3 is 0 Å². The van der Waals surface area contributed by atoms with Crippen LogP contribution in [0.4, 0.5) is 0 Å². The lowest BCUT2D eigenvalue weighted by atomic mass is 9.82. The molecule has 0 fully saturated rings. The van der Waals surface area contributed by atoms with Gasteiger partial charge in [0.2, 0.25) is 0 Å². The van der Waals surface area contributed by atoms with Crippen LogP contribution in [-0.2, 0) is 0 Å². The van der Waals surface area contributed by atoms with Crippen molar-refractivity contribution < 1.29 is 0 Å². The molecular formula is C23H24. The lowest BCUT2D eigenvalue weighted by Gasteiger charge is -2.21. The molecule has 0 aliphatic heterocycles. The number of rotatable bonds is 3. The van der Waals surface area contributed by atoms with Gasteiger partial charge in [-0.15, -0.1) is 0 Å². The fourth-order valence-electron chi connectivity index (χ4n) is 3.98. The normalized spacial score (nSPS) is 17.0. The predicted molar refractivity (Wildman–Crippen MR) is 101 cm³/mol. The minimum atomic E-state index is 0.322. The van der Waals surface area contributed by atoms with E-state index in [4.69, 9.17) is 0 Å². The average molecular weight is 300 g/mol. The van der Waals surface area contributed by atoms with E-state index in [0.29, 0.717) is 5.92 Å². The second-order valence-corrected chi connectivity index (χ2v) is 6.51. The topological polar surface area (TPSA) is 0 Å². The fraction of sp³-hybridized carbons (Fsp3) is 0.217. The molecule has 0 nitrogen and oxygen atoms in total. The highest BCUT2D eigenvalue weighted by Gasteiger charge is 2.30. The van der Waals surface area contributed by atoms with Crippen LogP contribution in [0.5, 0.6) is 0 Å². The van der Waals surface area contributed by atoms with Crippen LogP contribution in [0.15, 0.2) is 66.8 Å². The second kappa shape index (κ2) is 6.04. The maximum absolute atomic E-state index is 3.83. The highest BCUT2D eigenvalue weighted by atomic mass is 14.3. The van der Waals surface area contributed by atoms with Crippen LogP contribution in [0.3, 0.4) is 0 Å². The van der Waals surface area contributed by atoms with Crippen molar-refractivity contribution in [3.05, 3.63) is 100 Å². The van der Waals surface area contributed by atoms with Crippen LogP contribution in [0.2, 0.25) is 0 Å². The van der Waals surface area contributed by atoms with E-state index in [-0.39, 0.29) is 0 Å². The molecule has 0 saturated heterocycles. The van der Waals surface area contributed by atoms with Gasteiger partial charge in [-0.1, -0.05) is 66.8 Å². The van der Waals surface area contributed by atoms with Gasteiger partial charge in [0.25, 0.3) is 0 Å². The fourth-order valence-corrected chi connectivity index (χ4v) is 3.98. The first-order valence-electron chi connectivity index (χ1n) is 8.21. The molecule has 0 spiro atoms. The van der Waals surface area contributed by atoms with Crippen LogP contribution in [0, 0.1) is 20.8 Å². The van der Waals surface area contributed by atoms with E-state index in [1.54, 1.807) is 0 Å². The van der Waals surface area contributed by atoms with Crippen molar-refractivity contribution in [3.63, 3.8) is 0 Å². The highest BCUT2D eigenvalue weighted by molar-refractivity contribution is 5.81. The first-order valence-corrected chi connectivity index (χ1v) is 8.21. The van der Waals surface area contributed by atoms with Crippen molar-refractivity contribution in [2.45, 2.75) is 33.6 Å². The Morgan fingerprint density at radius 3 is 2.26 bits per heavy atom. The zero-order chi connectivity index (χ0) is 16.6. The Morgan fingerprint density at radius 2 is 1.61 bits per heavy atom. The zero-order valence-electron chi connectivity index (χ0n) is 14.5. The Labute approximate surface area is 139 Å². The number of benzene rings is 2. The van der Waals surface area contributed by atoms with E-state index in [0.717, 1.165) is 0 Å². The Morgan fingerprint density at radius 1 is 0.957 bits per heavy atom. The number of fused-ring (bicyclic) bond motifs is 1. The van der Waals surface area contributed by atoms with Crippen molar-refractivity contribution in [2.24, 2.45) is 0 Å². The van der Waals surface area contributed by atoms with E-state index < -0.39 is 0 Å². The number of allylic oxidation sites excluding steroid dienone is 5. The summed E-state index contributed by atoms with van der Waals surface area (Å²) < 4.78 is 0. The quantitative estimate of drug-likeness (QED) is 0.586. The Hall–Kier alpha value is -2.34. The minimum absolute atomic E-state index is 0.322. The summed E-state index contributed by atoms with van der Waals surface area (Å²) in [6.07, 6.45) is 6.14. The number of hydrogen-bond donors (Lipinski definition) is 0. The van der Waals surface area contributed by atoms with Gasteiger partial charge in [0.05, 0.1) is 0 Å². The molecule has 0 radical (unpaired) electrons. The lowest BCUT2D eigenvalue weighted by molar-refractivity contribution is 0.967. The number of aryl methyl sites for hydroxylation is 3. The molecule has 0 saturated carbocycles. The summed E-state index contributed by atoms with van der Waals surface area (Å²) in [5.74, 6) is 0.322. The molecule has 3 rings (SSSR count). The largest absolute Gasteiger partial charge is 0.0991 e. The summed E-state index contributed by atoms with van der Waals surface area (Å²) >= 11 is 0. The van der Waals surface area contributed by atoms with Gasteiger partial charge in [-0.2, -0.15) is 0 Å². The molecule has 2 aromatic carbocycles. The molecule has 116 valence electrons. The first-order chi connectivity index (χ1) is 11.0. The molecule has 0 amide bonds. The maximum Gasteiger partial charge on any atom is 0.0354 e. The minimum Gasteiger partial charge on any atom is -0.0991 e.